The fourth-order valence-electron chi connectivity index (χ4n) is 7.62. The molecule has 1 fully saturated rings. The van der Waals surface area contributed by atoms with Crippen molar-refractivity contribution >= 4 is 11.8 Å². The summed E-state index contributed by atoms with van der Waals surface area (Å²) in [5.74, 6) is -0.139. The number of allylic oxidation sites excluding steroid dienone is 1. The van der Waals surface area contributed by atoms with E-state index < -0.39 is 17.9 Å². The van der Waals surface area contributed by atoms with Crippen LogP contribution in [0.1, 0.15) is 84.1 Å². The summed E-state index contributed by atoms with van der Waals surface area (Å²) in [6.07, 6.45) is 10.5. The first-order valence-electron chi connectivity index (χ1n) is 17.9. The zero-order valence-electron chi connectivity index (χ0n) is 30.2. The van der Waals surface area contributed by atoms with Crippen LogP contribution >= 0.6 is 0 Å². The number of hydrogen-bond donors (Lipinski definition) is 2. The molecule has 10 nitrogen and oxygen atoms in total. The number of aliphatic hydroxyl groups is 2. The summed E-state index contributed by atoms with van der Waals surface area (Å²) in [6, 6.07) is 5.27. The zero-order valence-corrected chi connectivity index (χ0v) is 30.2. The lowest BCUT2D eigenvalue weighted by Gasteiger charge is -2.59. The van der Waals surface area contributed by atoms with Crippen LogP contribution in [0, 0.1) is 23.2 Å². The molecule has 0 bridgehead atoms. The van der Waals surface area contributed by atoms with Crippen LogP contribution in [0.2, 0.25) is 0 Å². The molecular weight excluding hydrogens is 624 g/mol. The molecule has 1 aromatic carbocycles. The third-order valence-corrected chi connectivity index (χ3v) is 9.70. The van der Waals surface area contributed by atoms with Crippen molar-refractivity contribution in [3.63, 3.8) is 0 Å². The lowest BCUT2D eigenvalue weighted by molar-refractivity contribution is -0.253. The minimum absolute atomic E-state index is 0.118. The second kappa shape index (κ2) is 17.5. The molecular formula is C39H58N2O8. The lowest BCUT2D eigenvalue weighted by atomic mass is 9.55. The van der Waals surface area contributed by atoms with Crippen LogP contribution in [0.15, 0.2) is 60.3 Å². The summed E-state index contributed by atoms with van der Waals surface area (Å²) in [7, 11) is 1.74. The summed E-state index contributed by atoms with van der Waals surface area (Å²) in [6.45, 7) is 17.2. The molecule has 4 rings (SSSR count). The molecule has 49 heavy (non-hydrogen) atoms. The van der Waals surface area contributed by atoms with E-state index in [0.717, 1.165) is 42.5 Å². The number of nitrogens with zero attached hydrogens (tertiary/aromatic N) is 2. The fraction of sp³-hybridized carbons (Fsp3) is 0.641. The van der Waals surface area contributed by atoms with E-state index in [0.29, 0.717) is 44.0 Å². The number of ether oxygens (including phenoxy) is 4. The van der Waals surface area contributed by atoms with Crippen LogP contribution in [0.25, 0.3) is 0 Å². The van der Waals surface area contributed by atoms with Crippen LogP contribution in [0.5, 0.6) is 11.5 Å². The second-order valence-corrected chi connectivity index (χ2v) is 14.5. The van der Waals surface area contributed by atoms with E-state index in [-0.39, 0.29) is 55.5 Å². The van der Waals surface area contributed by atoms with Crippen molar-refractivity contribution in [1.29, 1.82) is 0 Å². The van der Waals surface area contributed by atoms with Gasteiger partial charge in [0.2, 0.25) is 5.79 Å². The Bertz CT molecular complexity index is 1340. The van der Waals surface area contributed by atoms with Crippen LogP contribution in [-0.4, -0.2) is 85.4 Å². The van der Waals surface area contributed by atoms with Gasteiger partial charge in [-0.3, -0.25) is 0 Å². The number of benzene rings is 1. The Morgan fingerprint density at radius 2 is 1.82 bits per heavy atom. The molecule has 1 amide bonds. The number of hydrogen-bond acceptors (Lipinski definition) is 9. The van der Waals surface area contributed by atoms with Gasteiger partial charge in [0.05, 0.1) is 24.8 Å². The number of amides is 1. The topological polar surface area (TPSA) is 119 Å². The van der Waals surface area contributed by atoms with Gasteiger partial charge in [-0.15, -0.1) is 6.58 Å². The van der Waals surface area contributed by atoms with Gasteiger partial charge in [0, 0.05) is 38.2 Å². The first-order valence-corrected chi connectivity index (χ1v) is 17.9. The normalized spacial score (nSPS) is 26.5. The molecule has 0 spiro atoms. The average molecular weight is 683 g/mol. The zero-order chi connectivity index (χ0) is 35.6. The second-order valence-electron chi connectivity index (χ2n) is 14.5. The molecule has 0 aromatic heterocycles. The monoisotopic (exact) mass is 682 g/mol. The predicted octanol–water partition coefficient (Wildman–Crippen LogP) is 7.02. The molecule has 2 aliphatic carbocycles. The van der Waals surface area contributed by atoms with Crippen LogP contribution in [-0.2, 0) is 14.3 Å². The summed E-state index contributed by atoms with van der Waals surface area (Å²) in [4.78, 5) is 21.1. The third kappa shape index (κ3) is 8.88. The van der Waals surface area contributed by atoms with Gasteiger partial charge in [-0.1, -0.05) is 63.6 Å². The van der Waals surface area contributed by atoms with E-state index in [1.54, 1.807) is 24.1 Å². The Balaban J connectivity index is 1.98. The number of oxime groups is 1. The average Bonchev–Trinajstić information content (AvgIpc) is 3.08. The Morgan fingerprint density at radius 1 is 1.10 bits per heavy atom. The van der Waals surface area contributed by atoms with Gasteiger partial charge in [0.25, 0.3) is 0 Å². The van der Waals surface area contributed by atoms with Crippen molar-refractivity contribution in [3.05, 3.63) is 60.7 Å². The smallest absolute Gasteiger partial charge is 0.410 e. The number of likely N-dealkylation sites (N-methyl/N-ethyl adjacent to an activating group) is 1. The van der Waals surface area contributed by atoms with Gasteiger partial charge >= 0.3 is 6.09 Å². The summed E-state index contributed by atoms with van der Waals surface area (Å²) >= 11 is 0. The third-order valence-electron chi connectivity index (χ3n) is 9.70. The molecule has 272 valence electrons. The van der Waals surface area contributed by atoms with Crippen molar-refractivity contribution in [2.24, 2.45) is 28.3 Å². The summed E-state index contributed by atoms with van der Waals surface area (Å²) in [5.41, 5.74) is 2.53. The first-order chi connectivity index (χ1) is 23.5. The van der Waals surface area contributed by atoms with Crippen molar-refractivity contribution in [1.82, 2.24) is 4.90 Å². The first kappa shape index (κ1) is 38.5. The highest BCUT2D eigenvalue weighted by Gasteiger charge is 2.65. The van der Waals surface area contributed by atoms with E-state index in [4.69, 9.17) is 23.8 Å². The number of fused-ring (bicyclic) bond motifs is 2. The molecule has 10 heteroatoms. The fourth-order valence-corrected chi connectivity index (χ4v) is 7.62. The van der Waals surface area contributed by atoms with E-state index in [2.05, 4.69) is 30.5 Å². The number of carbonyl (C=O) groups excluding carboxylic acids is 1. The standard InChI is InChI=1S/C39H58N2O8/c1-8-21-45-28-17-18-33-31(24-28)35-29(16-12-14-20-43)27(15-11-13-19-42)23-30-32(40-48-10-3)25-34(39(49-33,36(30)35)47-22-9-2)41(7)37(44)46-26-38(4,5)6/h8-9,17-18,23-24,27,29,34-36,42-43H,1-2,10-16,19-22,25-26H2,3-7H3. The van der Waals surface area contributed by atoms with E-state index in [9.17, 15) is 15.0 Å². The lowest BCUT2D eigenvalue weighted by Crippen LogP contribution is -2.69. The Hall–Kier alpha value is -3.34. The molecule has 1 saturated carbocycles. The van der Waals surface area contributed by atoms with Crippen LogP contribution in [0.4, 0.5) is 4.79 Å². The van der Waals surface area contributed by atoms with E-state index in [1.165, 1.54) is 0 Å². The van der Waals surface area contributed by atoms with Crippen molar-refractivity contribution in [3.8, 4) is 11.5 Å². The minimum atomic E-state index is -1.31. The maximum Gasteiger partial charge on any atom is 0.410 e. The summed E-state index contributed by atoms with van der Waals surface area (Å²) < 4.78 is 25.8. The SMILES string of the molecule is C=CCOc1ccc2c(c1)C1C(CCCCO)C(CCCCO)C=C3C(=NOCC)CC(N(C)C(=O)OCC(C)(C)C)C(OCC=C)(O2)C31. The van der Waals surface area contributed by atoms with Crippen molar-refractivity contribution in [2.75, 3.05) is 46.7 Å². The van der Waals surface area contributed by atoms with Crippen molar-refractivity contribution < 1.29 is 38.8 Å². The molecule has 1 aliphatic heterocycles. The number of unbranched alkanes of at least 4 members (excludes halogenated alkanes) is 2. The van der Waals surface area contributed by atoms with Gasteiger partial charge in [-0.2, -0.15) is 0 Å². The van der Waals surface area contributed by atoms with Crippen molar-refractivity contribution in [2.45, 2.75) is 90.4 Å². The Labute approximate surface area is 292 Å². The molecule has 0 radical (unpaired) electrons. The highest BCUT2D eigenvalue weighted by Crippen LogP contribution is 2.61. The maximum atomic E-state index is 13.8. The van der Waals surface area contributed by atoms with Crippen LogP contribution < -0.4 is 9.47 Å². The van der Waals surface area contributed by atoms with Crippen LogP contribution in [0.3, 0.4) is 0 Å². The highest BCUT2D eigenvalue weighted by molar-refractivity contribution is 6.02. The van der Waals surface area contributed by atoms with E-state index in [1.807, 2.05) is 39.8 Å². The molecule has 6 unspecified atom stereocenters. The Kier molecular flexibility index (Phi) is 13.8. The quantitative estimate of drug-likeness (QED) is 0.0964. The van der Waals surface area contributed by atoms with Gasteiger partial charge in [-0.05, 0) is 73.6 Å². The molecule has 0 saturated heterocycles. The number of aliphatic hydroxyl groups excluding tert-OH is 2. The highest BCUT2D eigenvalue weighted by atomic mass is 16.7. The minimum Gasteiger partial charge on any atom is -0.490 e. The molecule has 1 aromatic rings. The van der Waals surface area contributed by atoms with Gasteiger partial charge in [-0.25, -0.2) is 4.79 Å². The van der Waals surface area contributed by atoms with Gasteiger partial charge < -0.3 is 38.9 Å². The molecule has 6 atom stereocenters. The molecule has 3 aliphatic rings. The predicted molar refractivity (Wildman–Crippen MR) is 191 cm³/mol. The van der Waals surface area contributed by atoms with Gasteiger partial charge in [0.15, 0.2) is 0 Å². The van der Waals surface area contributed by atoms with E-state index >= 15 is 0 Å². The number of rotatable bonds is 18. The van der Waals surface area contributed by atoms with Gasteiger partial charge in [0.1, 0.15) is 30.8 Å². The molecule has 2 N–H and O–H groups in total. The molecule has 1 heterocycles. The summed E-state index contributed by atoms with van der Waals surface area (Å²) in [5, 5.41) is 24.1. The largest absolute Gasteiger partial charge is 0.490 e. The number of carbonyl (C=O) groups is 1. The maximum absolute atomic E-state index is 13.8. The Morgan fingerprint density at radius 3 is 2.47 bits per heavy atom.